The Balaban J connectivity index is 2.40. The summed E-state index contributed by atoms with van der Waals surface area (Å²) in [7, 11) is -3.19. The van der Waals surface area contributed by atoms with Gasteiger partial charge in [-0.05, 0) is 55.6 Å². The number of sulfonamides is 1. The van der Waals surface area contributed by atoms with Gasteiger partial charge in [0.05, 0.1) is 5.25 Å². The zero-order chi connectivity index (χ0) is 19.1. The summed E-state index contributed by atoms with van der Waals surface area (Å²) in [5.74, 6) is 0.175. The molecule has 0 saturated heterocycles. The van der Waals surface area contributed by atoms with Gasteiger partial charge in [0.2, 0.25) is 10.0 Å². The molecule has 1 aromatic carbocycles. The maximum atomic E-state index is 11.8. The summed E-state index contributed by atoms with van der Waals surface area (Å²) in [5.41, 5.74) is 2.99. The van der Waals surface area contributed by atoms with Crippen molar-refractivity contribution in [2.24, 2.45) is 5.41 Å². The third-order valence-electron chi connectivity index (χ3n) is 4.65. The summed E-state index contributed by atoms with van der Waals surface area (Å²) >= 11 is 0. The molecule has 25 heavy (non-hydrogen) atoms. The van der Waals surface area contributed by atoms with Gasteiger partial charge in [0, 0.05) is 6.54 Å². The molecule has 1 rings (SSSR count). The normalized spacial score (nSPS) is 14.0. The van der Waals surface area contributed by atoms with E-state index in [-0.39, 0.29) is 11.2 Å². The van der Waals surface area contributed by atoms with E-state index in [9.17, 15) is 8.42 Å². The predicted molar refractivity (Wildman–Crippen MR) is 109 cm³/mol. The fraction of sp³-hybridized carbons (Fsp3) is 0.714. The number of benzene rings is 1. The molecule has 1 atom stereocenters. The molecule has 0 amide bonds. The Hall–Kier alpha value is -0.870. The van der Waals surface area contributed by atoms with Crippen LogP contribution in [-0.2, 0) is 16.4 Å². The van der Waals surface area contributed by atoms with Crippen molar-refractivity contribution in [1.82, 2.24) is 4.72 Å². The molecule has 0 heterocycles. The van der Waals surface area contributed by atoms with Gasteiger partial charge in [-0.1, -0.05) is 64.8 Å². The zero-order valence-electron chi connectivity index (χ0n) is 16.9. The molecule has 0 bridgehead atoms. The summed E-state index contributed by atoms with van der Waals surface area (Å²) in [5, 5.41) is -0.389. The average molecular weight is 368 g/mol. The summed E-state index contributed by atoms with van der Waals surface area (Å²) in [4.78, 5) is 0. The highest BCUT2D eigenvalue weighted by Gasteiger charge is 2.17. The molecule has 1 aromatic rings. The quantitative estimate of drug-likeness (QED) is 0.573. The number of unbranched alkanes of at least 4 members (excludes halogenated alkanes) is 2. The molecule has 0 radical (unpaired) electrons. The molecule has 4 heteroatoms. The summed E-state index contributed by atoms with van der Waals surface area (Å²) in [6.45, 7) is 12.8. The molecule has 0 fully saturated rings. The van der Waals surface area contributed by atoms with Crippen LogP contribution in [0.15, 0.2) is 24.3 Å². The summed E-state index contributed by atoms with van der Waals surface area (Å²) in [6, 6.07) is 8.65. The van der Waals surface area contributed by atoms with Crippen molar-refractivity contribution in [1.29, 1.82) is 0 Å². The predicted octanol–water partition coefficient (Wildman–Crippen LogP) is 5.27. The van der Waals surface area contributed by atoms with Crippen LogP contribution in [-0.4, -0.2) is 20.2 Å². The molecule has 3 nitrogen and oxygen atoms in total. The first kappa shape index (κ1) is 22.2. The molecule has 1 N–H and O–H groups in total. The Kier molecular flexibility index (Phi) is 8.62. The fourth-order valence-corrected chi connectivity index (χ4v) is 3.52. The second-order valence-electron chi connectivity index (χ2n) is 8.71. The monoisotopic (exact) mass is 367 g/mol. The highest BCUT2D eigenvalue weighted by atomic mass is 32.2. The Morgan fingerprint density at radius 2 is 1.56 bits per heavy atom. The third-order valence-corrected chi connectivity index (χ3v) is 6.46. The van der Waals surface area contributed by atoms with Gasteiger partial charge in [-0.25, -0.2) is 13.1 Å². The molecule has 0 aliphatic heterocycles. The third kappa shape index (κ3) is 8.87. The molecular weight excluding hydrogens is 330 g/mol. The van der Waals surface area contributed by atoms with Gasteiger partial charge in [-0.15, -0.1) is 0 Å². The van der Waals surface area contributed by atoms with Crippen molar-refractivity contribution in [2.75, 3.05) is 6.54 Å². The topological polar surface area (TPSA) is 46.2 Å². The van der Waals surface area contributed by atoms with Gasteiger partial charge in [0.15, 0.2) is 0 Å². The van der Waals surface area contributed by atoms with E-state index in [0.717, 1.165) is 6.42 Å². The SMILES string of the molecule is CC(CNS(=O)(=O)C(C)C)c1ccc(CCCCCC(C)(C)C)cc1. The average Bonchev–Trinajstić information content (AvgIpc) is 2.51. The molecule has 1 unspecified atom stereocenters. The lowest BCUT2D eigenvalue weighted by Gasteiger charge is -2.17. The Morgan fingerprint density at radius 3 is 2.08 bits per heavy atom. The van der Waals surface area contributed by atoms with Gasteiger partial charge in [0.25, 0.3) is 0 Å². The molecule has 0 spiro atoms. The van der Waals surface area contributed by atoms with Crippen LogP contribution in [0.4, 0.5) is 0 Å². The fourth-order valence-electron chi connectivity index (χ4n) is 2.70. The molecule has 144 valence electrons. The van der Waals surface area contributed by atoms with Crippen LogP contribution in [0.3, 0.4) is 0 Å². The van der Waals surface area contributed by atoms with E-state index in [4.69, 9.17) is 0 Å². The Labute approximate surface area is 155 Å². The standard InChI is InChI=1S/C21H37NO2S/c1-17(2)25(23,24)22-16-18(3)20-13-11-19(12-14-20)10-8-7-9-15-21(4,5)6/h11-14,17-18,22H,7-10,15-16H2,1-6H3. The van der Waals surface area contributed by atoms with Crippen LogP contribution >= 0.6 is 0 Å². The maximum absolute atomic E-state index is 11.8. The molecule has 0 saturated carbocycles. The van der Waals surface area contributed by atoms with E-state index >= 15 is 0 Å². The number of aryl methyl sites for hydroxylation is 1. The van der Waals surface area contributed by atoms with Crippen LogP contribution in [0.2, 0.25) is 0 Å². The van der Waals surface area contributed by atoms with Crippen molar-refractivity contribution < 1.29 is 8.42 Å². The maximum Gasteiger partial charge on any atom is 0.213 e. The van der Waals surface area contributed by atoms with Gasteiger partial charge in [0.1, 0.15) is 0 Å². The van der Waals surface area contributed by atoms with E-state index in [0.29, 0.717) is 12.0 Å². The van der Waals surface area contributed by atoms with E-state index in [2.05, 4.69) is 56.7 Å². The van der Waals surface area contributed by atoms with Crippen molar-refractivity contribution in [3.8, 4) is 0 Å². The van der Waals surface area contributed by atoms with Gasteiger partial charge in [-0.3, -0.25) is 0 Å². The number of hydrogen-bond acceptors (Lipinski definition) is 2. The van der Waals surface area contributed by atoms with Crippen LogP contribution in [0.5, 0.6) is 0 Å². The number of rotatable bonds is 10. The first-order valence-corrected chi connectivity index (χ1v) is 11.1. The van der Waals surface area contributed by atoms with Crippen LogP contribution in [0.1, 0.15) is 84.3 Å². The smallest absolute Gasteiger partial charge is 0.213 e. The van der Waals surface area contributed by atoms with Crippen LogP contribution < -0.4 is 4.72 Å². The van der Waals surface area contributed by atoms with Crippen LogP contribution in [0, 0.1) is 5.41 Å². The van der Waals surface area contributed by atoms with Gasteiger partial charge >= 0.3 is 0 Å². The lowest BCUT2D eigenvalue weighted by Crippen LogP contribution is -2.33. The van der Waals surface area contributed by atoms with Crippen molar-refractivity contribution in [3.63, 3.8) is 0 Å². The number of nitrogens with one attached hydrogen (secondary N) is 1. The second kappa shape index (κ2) is 9.72. The second-order valence-corrected chi connectivity index (χ2v) is 11.0. The summed E-state index contributed by atoms with van der Waals surface area (Å²) in [6.07, 6.45) is 6.23. The zero-order valence-corrected chi connectivity index (χ0v) is 17.7. The minimum atomic E-state index is -3.19. The lowest BCUT2D eigenvalue weighted by molar-refractivity contribution is 0.358. The first-order chi connectivity index (χ1) is 11.5. The highest BCUT2D eigenvalue weighted by Crippen LogP contribution is 2.23. The molecule has 0 aliphatic carbocycles. The van der Waals surface area contributed by atoms with Crippen molar-refractivity contribution in [2.45, 2.75) is 84.8 Å². The van der Waals surface area contributed by atoms with Crippen molar-refractivity contribution in [3.05, 3.63) is 35.4 Å². The minimum absolute atomic E-state index is 0.175. The highest BCUT2D eigenvalue weighted by molar-refractivity contribution is 7.90. The van der Waals surface area contributed by atoms with E-state index < -0.39 is 10.0 Å². The largest absolute Gasteiger partial charge is 0.214 e. The molecule has 0 aromatic heterocycles. The molecule has 0 aliphatic rings. The lowest BCUT2D eigenvalue weighted by atomic mass is 9.89. The van der Waals surface area contributed by atoms with Gasteiger partial charge < -0.3 is 0 Å². The van der Waals surface area contributed by atoms with Gasteiger partial charge in [-0.2, -0.15) is 0 Å². The van der Waals surface area contributed by atoms with E-state index in [1.807, 2.05) is 0 Å². The Morgan fingerprint density at radius 1 is 0.960 bits per heavy atom. The summed E-state index contributed by atoms with van der Waals surface area (Å²) < 4.78 is 26.4. The Bertz CT molecular complexity index is 598. The van der Waals surface area contributed by atoms with Crippen LogP contribution in [0.25, 0.3) is 0 Å². The number of hydrogen-bond donors (Lipinski definition) is 1. The van der Waals surface area contributed by atoms with E-state index in [1.54, 1.807) is 13.8 Å². The first-order valence-electron chi connectivity index (χ1n) is 9.58. The van der Waals surface area contributed by atoms with E-state index in [1.165, 1.54) is 36.8 Å². The van der Waals surface area contributed by atoms with Crippen molar-refractivity contribution >= 4 is 10.0 Å². The minimum Gasteiger partial charge on any atom is -0.214 e. The molecular formula is C21H37NO2S.